The fraction of sp³-hybridized carbons (Fsp3) is 0.462. The van der Waals surface area contributed by atoms with E-state index in [1.807, 2.05) is 0 Å². The molecule has 0 saturated heterocycles. The molecule has 124 valence electrons. The molecule has 10 heteroatoms. The third kappa shape index (κ3) is 5.09. The van der Waals surface area contributed by atoms with Gasteiger partial charge in [0.15, 0.2) is 0 Å². The summed E-state index contributed by atoms with van der Waals surface area (Å²) >= 11 is 1.73. The van der Waals surface area contributed by atoms with Gasteiger partial charge in [-0.2, -0.15) is 16.9 Å². The highest BCUT2D eigenvalue weighted by atomic mass is 32.2. The molecule has 0 saturated carbocycles. The fourth-order valence-electron chi connectivity index (χ4n) is 1.97. The van der Waals surface area contributed by atoms with Crippen molar-refractivity contribution in [1.29, 1.82) is 0 Å². The normalized spacial score (nSPS) is 13.0. The molecule has 0 bridgehead atoms. The van der Waals surface area contributed by atoms with Crippen molar-refractivity contribution in [1.82, 2.24) is 20.4 Å². The SMILES string of the molecule is O=C(O)CNC(=O)CNC(=O)Cn1nc2c(cc1=O)CSCC2. The molecule has 2 heterocycles. The highest BCUT2D eigenvalue weighted by Crippen LogP contribution is 2.20. The Hall–Kier alpha value is -2.36. The summed E-state index contributed by atoms with van der Waals surface area (Å²) in [5.41, 5.74) is 1.35. The zero-order valence-corrected chi connectivity index (χ0v) is 13.0. The van der Waals surface area contributed by atoms with Crippen molar-refractivity contribution >= 4 is 29.5 Å². The van der Waals surface area contributed by atoms with E-state index >= 15 is 0 Å². The lowest BCUT2D eigenvalue weighted by Gasteiger charge is -2.15. The van der Waals surface area contributed by atoms with E-state index in [1.54, 1.807) is 11.8 Å². The van der Waals surface area contributed by atoms with Gasteiger partial charge in [0.05, 0.1) is 12.2 Å². The van der Waals surface area contributed by atoms with Gasteiger partial charge in [0.1, 0.15) is 13.1 Å². The standard InChI is InChI=1S/C13H16N4O5S/c18-10(15-5-13(21)22)4-14-11(19)6-17-12(20)3-8-7-23-2-1-9(8)16-17/h3H,1-2,4-7H2,(H,14,19)(H,15,18)(H,21,22). The molecule has 0 spiro atoms. The van der Waals surface area contributed by atoms with Gasteiger partial charge in [-0.25, -0.2) is 4.68 Å². The average Bonchev–Trinajstić information content (AvgIpc) is 2.51. The van der Waals surface area contributed by atoms with E-state index in [-0.39, 0.29) is 18.6 Å². The van der Waals surface area contributed by atoms with Crippen LogP contribution >= 0.6 is 11.8 Å². The number of carbonyl (C=O) groups excluding carboxylic acids is 2. The van der Waals surface area contributed by atoms with E-state index in [9.17, 15) is 19.2 Å². The number of thioether (sulfide) groups is 1. The number of nitrogens with one attached hydrogen (secondary N) is 2. The number of aliphatic carboxylic acids is 1. The smallest absolute Gasteiger partial charge is 0.322 e. The molecule has 0 radical (unpaired) electrons. The molecule has 2 rings (SSSR count). The predicted octanol–water partition coefficient (Wildman–Crippen LogP) is -1.65. The molecule has 3 N–H and O–H groups in total. The minimum Gasteiger partial charge on any atom is -0.480 e. The first-order valence-corrected chi connectivity index (χ1v) is 8.04. The first kappa shape index (κ1) is 17.0. The Morgan fingerprint density at radius 2 is 2.00 bits per heavy atom. The summed E-state index contributed by atoms with van der Waals surface area (Å²) in [6.45, 7) is -1.16. The van der Waals surface area contributed by atoms with Crippen molar-refractivity contribution in [3.05, 3.63) is 27.7 Å². The van der Waals surface area contributed by atoms with E-state index in [2.05, 4.69) is 15.7 Å². The molecule has 1 aliphatic heterocycles. The summed E-state index contributed by atoms with van der Waals surface area (Å²) in [7, 11) is 0. The number of hydrogen-bond donors (Lipinski definition) is 3. The minimum atomic E-state index is -1.17. The maximum absolute atomic E-state index is 11.9. The van der Waals surface area contributed by atoms with Crippen molar-refractivity contribution in [2.75, 3.05) is 18.8 Å². The van der Waals surface area contributed by atoms with E-state index < -0.39 is 24.3 Å². The van der Waals surface area contributed by atoms with Gasteiger partial charge in [0.25, 0.3) is 5.56 Å². The van der Waals surface area contributed by atoms with E-state index in [4.69, 9.17) is 5.11 Å². The van der Waals surface area contributed by atoms with Gasteiger partial charge in [0.2, 0.25) is 11.8 Å². The van der Waals surface area contributed by atoms with Gasteiger partial charge in [0, 0.05) is 18.2 Å². The number of carboxylic acids is 1. The molecule has 1 aliphatic rings. The lowest BCUT2D eigenvalue weighted by Crippen LogP contribution is -2.41. The van der Waals surface area contributed by atoms with Crippen LogP contribution in [-0.4, -0.2) is 51.5 Å². The maximum Gasteiger partial charge on any atom is 0.322 e. The first-order chi connectivity index (χ1) is 11.0. The Kier molecular flexibility index (Phi) is 5.74. The number of hydrogen-bond acceptors (Lipinski definition) is 6. The monoisotopic (exact) mass is 340 g/mol. The topological polar surface area (TPSA) is 130 Å². The van der Waals surface area contributed by atoms with Crippen molar-refractivity contribution in [3.63, 3.8) is 0 Å². The largest absolute Gasteiger partial charge is 0.480 e. The van der Waals surface area contributed by atoms with Crippen LogP contribution in [0.15, 0.2) is 10.9 Å². The van der Waals surface area contributed by atoms with E-state index in [0.29, 0.717) is 0 Å². The molecule has 0 atom stereocenters. The minimum absolute atomic E-state index is 0.286. The van der Waals surface area contributed by atoms with Gasteiger partial charge in [-0.3, -0.25) is 19.2 Å². The number of aromatic nitrogens is 2. The molecule has 1 aromatic heterocycles. The number of carbonyl (C=O) groups is 3. The predicted molar refractivity (Wildman–Crippen MR) is 82.0 cm³/mol. The number of rotatable bonds is 6. The maximum atomic E-state index is 11.9. The van der Waals surface area contributed by atoms with Crippen LogP contribution in [0.25, 0.3) is 0 Å². The van der Waals surface area contributed by atoms with E-state index in [1.165, 1.54) is 6.07 Å². The van der Waals surface area contributed by atoms with Crippen molar-refractivity contribution in [2.24, 2.45) is 0 Å². The third-order valence-corrected chi connectivity index (χ3v) is 4.09. The van der Waals surface area contributed by atoms with Crippen LogP contribution in [0.3, 0.4) is 0 Å². The second-order valence-corrected chi connectivity index (χ2v) is 5.97. The molecule has 2 amide bonds. The van der Waals surface area contributed by atoms with Gasteiger partial charge < -0.3 is 15.7 Å². The van der Waals surface area contributed by atoms with Crippen LogP contribution in [0.4, 0.5) is 0 Å². The highest BCUT2D eigenvalue weighted by Gasteiger charge is 2.15. The molecule has 1 aromatic rings. The van der Waals surface area contributed by atoms with E-state index in [0.717, 1.165) is 33.9 Å². The average molecular weight is 340 g/mol. The zero-order chi connectivity index (χ0) is 16.8. The second-order valence-electron chi connectivity index (χ2n) is 4.86. The van der Waals surface area contributed by atoms with Crippen LogP contribution in [0.5, 0.6) is 0 Å². The van der Waals surface area contributed by atoms with Crippen molar-refractivity contribution in [3.8, 4) is 0 Å². The quantitative estimate of drug-likeness (QED) is 0.565. The lowest BCUT2D eigenvalue weighted by molar-refractivity contribution is -0.137. The highest BCUT2D eigenvalue weighted by molar-refractivity contribution is 7.98. The Bertz CT molecular complexity index is 687. The number of aryl methyl sites for hydroxylation is 1. The Morgan fingerprint density at radius 1 is 1.26 bits per heavy atom. The van der Waals surface area contributed by atoms with Gasteiger partial charge in [-0.1, -0.05) is 0 Å². The van der Waals surface area contributed by atoms with Gasteiger partial charge in [-0.05, 0) is 11.3 Å². The number of fused-ring (bicyclic) bond motifs is 1. The zero-order valence-electron chi connectivity index (χ0n) is 12.2. The summed E-state index contributed by atoms with van der Waals surface area (Å²) in [5.74, 6) is -0.672. The first-order valence-electron chi connectivity index (χ1n) is 6.88. The molecular weight excluding hydrogens is 324 g/mol. The summed E-state index contributed by atoms with van der Waals surface area (Å²) in [4.78, 5) is 45.2. The van der Waals surface area contributed by atoms with Crippen LogP contribution in [-0.2, 0) is 33.1 Å². The summed E-state index contributed by atoms with van der Waals surface area (Å²) in [6, 6.07) is 1.49. The van der Waals surface area contributed by atoms with Crippen LogP contribution in [0.2, 0.25) is 0 Å². The molecule has 0 fully saturated rings. The summed E-state index contributed by atoms with van der Waals surface area (Å²) in [6.07, 6.45) is 0.749. The molecule has 23 heavy (non-hydrogen) atoms. The lowest BCUT2D eigenvalue weighted by atomic mass is 10.2. The summed E-state index contributed by atoms with van der Waals surface area (Å²) < 4.78 is 1.07. The molecule has 0 unspecified atom stereocenters. The second kappa shape index (κ2) is 7.77. The van der Waals surface area contributed by atoms with Gasteiger partial charge in [-0.15, -0.1) is 0 Å². The van der Waals surface area contributed by atoms with Crippen LogP contribution in [0.1, 0.15) is 11.3 Å². The number of amides is 2. The molecule has 0 aromatic carbocycles. The Labute approximate surface area is 135 Å². The van der Waals surface area contributed by atoms with Crippen molar-refractivity contribution in [2.45, 2.75) is 18.7 Å². The van der Waals surface area contributed by atoms with Crippen LogP contribution < -0.4 is 16.2 Å². The Morgan fingerprint density at radius 3 is 2.74 bits per heavy atom. The molecule has 0 aliphatic carbocycles. The third-order valence-electron chi connectivity index (χ3n) is 3.08. The fourth-order valence-corrected chi connectivity index (χ4v) is 2.93. The Balaban J connectivity index is 1.89. The number of nitrogens with zero attached hydrogens (tertiary/aromatic N) is 2. The van der Waals surface area contributed by atoms with Crippen molar-refractivity contribution < 1.29 is 19.5 Å². The molecule has 9 nitrogen and oxygen atoms in total. The van der Waals surface area contributed by atoms with Crippen LogP contribution in [0, 0.1) is 0 Å². The molecular formula is C13H16N4O5S. The summed E-state index contributed by atoms with van der Waals surface area (Å²) in [5, 5.41) is 17.0. The van der Waals surface area contributed by atoms with Gasteiger partial charge >= 0.3 is 5.97 Å². The number of carboxylic acid groups (broad SMARTS) is 1.